The van der Waals surface area contributed by atoms with Crippen molar-refractivity contribution in [1.29, 1.82) is 0 Å². The highest BCUT2D eigenvalue weighted by molar-refractivity contribution is 5.62. The summed E-state index contributed by atoms with van der Waals surface area (Å²) in [7, 11) is 1.61. The minimum Gasteiger partial charge on any atom is -0.496 e. The predicted octanol–water partition coefficient (Wildman–Crippen LogP) is 3.78. The van der Waals surface area contributed by atoms with E-state index in [2.05, 4.69) is 5.32 Å². The largest absolute Gasteiger partial charge is 0.496 e. The van der Waals surface area contributed by atoms with Crippen molar-refractivity contribution >= 4 is 11.4 Å². The van der Waals surface area contributed by atoms with Crippen LogP contribution in [0.3, 0.4) is 0 Å². The van der Waals surface area contributed by atoms with Crippen LogP contribution in [0.1, 0.15) is 18.5 Å². The van der Waals surface area contributed by atoms with Gasteiger partial charge in [0.05, 0.1) is 18.1 Å². The van der Waals surface area contributed by atoms with Crippen LogP contribution in [-0.2, 0) is 0 Å². The van der Waals surface area contributed by atoms with Crippen LogP contribution in [0.15, 0.2) is 48.5 Å². The number of para-hydroxylation sites is 3. The smallest absolute Gasteiger partial charge is 0.292 e. The number of hydrogen-bond donors (Lipinski definition) is 1. The maximum absolute atomic E-state index is 11.0. The van der Waals surface area contributed by atoms with Gasteiger partial charge >= 0.3 is 0 Å². The van der Waals surface area contributed by atoms with Crippen molar-refractivity contribution in [2.24, 2.45) is 0 Å². The molecular weight excluding hydrogens is 256 g/mol. The predicted molar refractivity (Wildman–Crippen MR) is 78.1 cm³/mol. The van der Waals surface area contributed by atoms with Gasteiger partial charge in [-0.15, -0.1) is 0 Å². The molecule has 1 atom stereocenters. The molecule has 2 aromatic rings. The van der Waals surface area contributed by atoms with Gasteiger partial charge in [-0.25, -0.2) is 0 Å². The van der Waals surface area contributed by atoms with Crippen molar-refractivity contribution in [3.63, 3.8) is 0 Å². The summed E-state index contributed by atoms with van der Waals surface area (Å²) in [4.78, 5) is 10.6. The van der Waals surface area contributed by atoms with Crippen LogP contribution in [0.5, 0.6) is 5.75 Å². The van der Waals surface area contributed by atoms with Gasteiger partial charge in [-0.2, -0.15) is 0 Å². The second-order valence-electron chi connectivity index (χ2n) is 4.38. The van der Waals surface area contributed by atoms with Gasteiger partial charge in [-0.3, -0.25) is 10.1 Å². The van der Waals surface area contributed by atoms with Gasteiger partial charge in [0.2, 0.25) is 0 Å². The van der Waals surface area contributed by atoms with E-state index >= 15 is 0 Å². The number of hydrogen-bond acceptors (Lipinski definition) is 4. The molecule has 0 aromatic heterocycles. The van der Waals surface area contributed by atoms with Crippen molar-refractivity contribution in [2.75, 3.05) is 12.4 Å². The third-order valence-electron chi connectivity index (χ3n) is 3.08. The first-order chi connectivity index (χ1) is 9.63. The molecule has 0 aliphatic rings. The van der Waals surface area contributed by atoms with Gasteiger partial charge in [0.25, 0.3) is 5.69 Å². The lowest BCUT2D eigenvalue weighted by molar-refractivity contribution is -0.384. The van der Waals surface area contributed by atoms with Crippen LogP contribution in [0.2, 0.25) is 0 Å². The van der Waals surface area contributed by atoms with E-state index in [0.29, 0.717) is 5.69 Å². The molecule has 2 aromatic carbocycles. The van der Waals surface area contributed by atoms with Gasteiger partial charge in [-0.1, -0.05) is 30.3 Å². The van der Waals surface area contributed by atoms with Crippen LogP contribution < -0.4 is 10.1 Å². The lowest BCUT2D eigenvalue weighted by Crippen LogP contribution is -2.09. The third kappa shape index (κ3) is 2.88. The minimum absolute atomic E-state index is 0.0641. The zero-order valence-electron chi connectivity index (χ0n) is 11.4. The van der Waals surface area contributed by atoms with Crippen LogP contribution in [0.25, 0.3) is 0 Å². The van der Waals surface area contributed by atoms with Crippen molar-refractivity contribution in [2.45, 2.75) is 13.0 Å². The Balaban J connectivity index is 2.28. The molecule has 0 radical (unpaired) electrons. The van der Waals surface area contributed by atoms with Crippen LogP contribution >= 0.6 is 0 Å². The number of nitro benzene ring substituents is 1. The second kappa shape index (κ2) is 6.06. The second-order valence-corrected chi connectivity index (χ2v) is 4.38. The van der Waals surface area contributed by atoms with Crippen molar-refractivity contribution in [3.05, 3.63) is 64.2 Å². The number of benzene rings is 2. The molecule has 20 heavy (non-hydrogen) atoms. The van der Waals surface area contributed by atoms with Crippen LogP contribution in [0, 0.1) is 10.1 Å². The fourth-order valence-corrected chi connectivity index (χ4v) is 2.09. The van der Waals surface area contributed by atoms with Crippen molar-refractivity contribution in [3.8, 4) is 5.75 Å². The first-order valence-electron chi connectivity index (χ1n) is 6.26. The van der Waals surface area contributed by atoms with E-state index in [4.69, 9.17) is 4.74 Å². The van der Waals surface area contributed by atoms with Crippen molar-refractivity contribution < 1.29 is 9.66 Å². The Bertz CT molecular complexity index is 614. The van der Waals surface area contributed by atoms with Crippen LogP contribution in [-0.4, -0.2) is 12.0 Å². The summed E-state index contributed by atoms with van der Waals surface area (Å²) in [6.07, 6.45) is 0. The van der Waals surface area contributed by atoms with Gasteiger partial charge < -0.3 is 10.1 Å². The fraction of sp³-hybridized carbons (Fsp3) is 0.200. The standard InChI is InChI=1S/C15H16N2O3/c1-11(12-7-3-6-10-15(12)20-2)16-13-8-4-5-9-14(13)17(18)19/h3-11,16H,1-2H3/t11-/m1/s1. The number of ether oxygens (including phenoxy) is 1. The summed E-state index contributed by atoms with van der Waals surface area (Å²) in [6, 6.07) is 14.1. The van der Waals surface area contributed by atoms with Crippen LogP contribution in [0.4, 0.5) is 11.4 Å². The molecule has 2 rings (SSSR count). The normalized spacial score (nSPS) is 11.7. The SMILES string of the molecule is COc1ccccc1[C@@H](C)Nc1ccccc1[N+](=O)[O-]. The molecule has 0 spiro atoms. The highest BCUT2D eigenvalue weighted by Gasteiger charge is 2.16. The highest BCUT2D eigenvalue weighted by atomic mass is 16.6. The molecule has 0 bridgehead atoms. The van der Waals surface area contributed by atoms with Crippen molar-refractivity contribution in [1.82, 2.24) is 0 Å². The molecule has 0 aliphatic carbocycles. The zero-order chi connectivity index (χ0) is 14.5. The molecule has 0 heterocycles. The van der Waals surface area contributed by atoms with Gasteiger partial charge in [0.15, 0.2) is 0 Å². The first kappa shape index (κ1) is 13.9. The van der Waals surface area contributed by atoms with Gasteiger partial charge in [0.1, 0.15) is 11.4 Å². The topological polar surface area (TPSA) is 64.4 Å². The molecule has 0 fully saturated rings. The monoisotopic (exact) mass is 272 g/mol. The molecule has 5 heteroatoms. The molecule has 0 amide bonds. The van der Waals surface area contributed by atoms with E-state index in [0.717, 1.165) is 11.3 Å². The zero-order valence-corrected chi connectivity index (χ0v) is 11.4. The minimum atomic E-state index is -0.392. The van der Waals surface area contributed by atoms with E-state index in [-0.39, 0.29) is 11.7 Å². The van der Waals surface area contributed by atoms with E-state index in [9.17, 15) is 10.1 Å². The van der Waals surface area contributed by atoms with E-state index in [1.54, 1.807) is 25.3 Å². The number of nitro groups is 1. The van der Waals surface area contributed by atoms with Gasteiger partial charge in [-0.05, 0) is 19.1 Å². The Kier molecular flexibility index (Phi) is 4.20. The Morgan fingerprint density at radius 1 is 1.15 bits per heavy atom. The Hall–Kier alpha value is -2.56. The summed E-state index contributed by atoms with van der Waals surface area (Å²) in [5.74, 6) is 0.756. The summed E-state index contributed by atoms with van der Waals surface area (Å²) in [6.45, 7) is 1.94. The lowest BCUT2D eigenvalue weighted by atomic mass is 10.1. The van der Waals surface area contributed by atoms with E-state index in [1.807, 2.05) is 31.2 Å². The Morgan fingerprint density at radius 3 is 2.50 bits per heavy atom. The van der Waals surface area contributed by atoms with E-state index < -0.39 is 4.92 Å². The number of nitrogens with zero attached hydrogens (tertiary/aromatic N) is 1. The molecular formula is C15H16N2O3. The molecule has 5 nitrogen and oxygen atoms in total. The molecule has 0 unspecified atom stereocenters. The summed E-state index contributed by atoms with van der Waals surface area (Å²) in [5.41, 5.74) is 1.51. The quantitative estimate of drug-likeness (QED) is 0.664. The number of nitrogens with one attached hydrogen (secondary N) is 1. The third-order valence-corrected chi connectivity index (χ3v) is 3.08. The Labute approximate surface area is 117 Å². The highest BCUT2D eigenvalue weighted by Crippen LogP contribution is 2.31. The average molecular weight is 272 g/mol. The maximum Gasteiger partial charge on any atom is 0.292 e. The summed E-state index contributed by atoms with van der Waals surface area (Å²) < 4.78 is 5.31. The molecule has 1 N–H and O–H groups in total. The fourth-order valence-electron chi connectivity index (χ4n) is 2.09. The maximum atomic E-state index is 11.0. The number of methoxy groups -OCH3 is 1. The number of rotatable bonds is 5. The first-order valence-corrected chi connectivity index (χ1v) is 6.26. The lowest BCUT2D eigenvalue weighted by Gasteiger charge is -2.18. The van der Waals surface area contributed by atoms with E-state index in [1.165, 1.54) is 6.07 Å². The summed E-state index contributed by atoms with van der Waals surface area (Å²) >= 11 is 0. The molecule has 104 valence electrons. The van der Waals surface area contributed by atoms with Gasteiger partial charge in [0, 0.05) is 11.6 Å². The average Bonchev–Trinajstić information content (AvgIpc) is 2.47. The summed E-state index contributed by atoms with van der Waals surface area (Å²) in [5, 5.41) is 14.2. The molecule has 0 saturated heterocycles. The molecule has 0 saturated carbocycles. The Morgan fingerprint density at radius 2 is 1.80 bits per heavy atom. The number of anilines is 1. The molecule has 0 aliphatic heterocycles.